The second kappa shape index (κ2) is 6.90. The molecule has 1 unspecified atom stereocenters. The van der Waals surface area contributed by atoms with Crippen LogP contribution in [0.15, 0.2) is 40.0 Å². The highest BCUT2D eigenvalue weighted by atomic mass is 32.2. The van der Waals surface area contributed by atoms with Crippen LogP contribution >= 0.6 is 0 Å². The lowest BCUT2D eigenvalue weighted by Crippen LogP contribution is -2.31. The van der Waals surface area contributed by atoms with Crippen LogP contribution in [0.2, 0.25) is 0 Å². The summed E-state index contributed by atoms with van der Waals surface area (Å²) in [6.45, 7) is 4.52. The first-order valence-electron chi connectivity index (χ1n) is 8.81. The molecule has 142 valence electrons. The predicted molar refractivity (Wildman–Crippen MR) is 97.9 cm³/mol. The zero-order valence-corrected chi connectivity index (χ0v) is 15.9. The molecule has 3 aromatic heterocycles. The molecule has 1 atom stereocenters. The van der Waals surface area contributed by atoms with Gasteiger partial charge < -0.3 is 9.26 Å². The summed E-state index contributed by atoms with van der Waals surface area (Å²) in [5, 5.41) is 4.56. The van der Waals surface area contributed by atoms with Crippen molar-refractivity contribution in [3.63, 3.8) is 0 Å². The van der Waals surface area contributed by atoms with E-state index in [9.17, 15) is 8.42 Å². The van der Waals surface area contributed by atoms with Crippen molar-refractivity contribution in [1.82, 2.24) is 19.4 Å². The highest BCUT2D eigenvalue weighted by molar-refractivity contribution is 7.89. The Kier molecular flexibility index (Phi) is 4.56. The number of sulfonamides is 1. The molecular weight excluding hydrogens is 368 g/mol. The molecule has 0 spiro atoms. The van der Waals surface area contributed by atoms with E-state index in [4.69, 9.17) is 9.26 Å². The maximum absolute atomic E-state index is 13.0. The van der Waals surface area contributed by atoms with E-state index in [1.807, 2.05) is 26.0 Å². The third-order valence-electron chi connectivity index (χ3n) is 4.65. The fourth-order valence-corrected chi connectivity index (χ4v) is 4.59. The fraction of sp³-hybridized carbons (Fsp3) is 0.389. The summed E-state index contributed by atoms with van der Waals surface area (Å²) < 4.78 is 38.5. The lowest BCUT2D eigenvalue weighted by molar-refractivity contribution is 0.214. The summed E-state index contributed by atoms with van der Waals surface area (Å²) in [6.07, 6.45) is 4.03. The fourth-order valence-electron chi connectivity index (χ4n) is 3.13. The number of hydrogen-bond donors (Lipinski definition) is 0. The van der Waals surface area contributed by atoms with Crippen LogP contribution in [0.4, 0.5) is 0 Å². The highest BCUT2D eigenvalue weighted by Gasteiger charge is 2.34. The quantitative estimate of drug-likeness (QED) is 0.661. The normalized spacial score (nSPS) is 18.2. The van der Waals surface area contributed by atoms with Crippen molar-refractivity contribution in [1.29, 1.82) is 0 Å². The Labute approximate surface area is 157 Å². The largest absolute Gasteiger partial charge is 0.487 e. The van der Waals surface area contributed by atoms with Crippen LogP contribution in [-0.2, 0) is 16.4 Å². The van der Waals surface area contributed by atoms with E-state index in [1.165, 1.54) is 10.5 Å². The minimum Gasteiger partial charge on any atom is -0.487 e. The van der Waals surface area contributed by atoms with Crippen molar-refractivity contribution in [3.05, 3.63) is 42.0 Å². The molecular formula is C18H20N4O4S. The van der Waals surface area contributed by atoms with Gasteiger partial charge in [-0.05, 0) is 38.0 Å². The van der Waals surface area contributed by atoms with Crippen LogP contribution in [0.25, 0.3) is 11.1 Å². The molecule has 1 aliphatic rings. The molecule has 8 nitrogen and oxygen atoms in total. The van der Waals surface area contributed by atoms with E-state index in [2.05, 4.69) is 15.1 Å². The summed E-state index contributed by atoms with van der Waals surface area (Å²) >= 11 is 0. The molecule has 0 radical (unpaired) electrons. The van der Waals surface area contributed by atoms with Gasteiger partial charge >= 0.3 is 0 Å². The molecule has 0 N–H and O–H groups in total. The molecule has 0 aromatic carbocycles. The van der Waals surface area contributed by atoms with Crippen LogP contribution in [0.1, 0.15) is 24.7 Å². The predicted octanol–water partition coefficient (Wildman–Crippen LogP) is 2.33. The molecule has 4 rings (SSSR count). The Morgan fingerprint density at radius 3 is 2.89 bits per heavy atom. The van der Waals surface area contributed by atoms with Gasteiger partial charge in [0.1, 0.15) is 16.7 Å². The number of fused-ring (bicyclic) bond motifs is 1. The first-order valence-corrected chi connectivity index (χ1v) is 10.2. The zero-order chi connectivity index (χ0) is 19.0. The maximum Gasteiger partial charge on any atom is 0.258 e. The number of hydrogen-bond acceptors (Lipinski definition) is 7. The Hall–Kier alpha value is -2.52. The number of nitrogens with zero attached hydrogens (tertiary/aromatic N) is 4. The number of pyridine rings is 2. The van der Waals surface area contributed by atoms with E-state index >= 15 is 0 Å². The number of aromatic nitrogens is 3. The van der Waals surface area contributed by atoms with Gasteiger partial charge in [0.25, 0.3) is 5.71 Å². The summed E-state index contributed by atoms with van der Waals surface area (Å²) in [5.41, 5.74) is 1.95. The second-order valence-corrected chi connectivity index (χ2v) is 8.47. The third-order valence-corrected chi connectivity index (χ3v) is 6.48. The van der Waals surface area contributed by atoms with Crippen molar-refractivity contribution in [2.75, 3.05) is 13.1 Å². The SMILES string of the molecule is CCc1noc2ncc(S(=O)(=O)N3CCC(Oc4ccc(C)nc4)C3)cc12. The molecule has 0 amide bonds. The van der Waals surface area contributed by atoms with Crippen LogP contribution < -0.4 is 4.74 Å². The minimum absolute atomic E-state index is 0.144. The number of aryl methyl sites for hydroxylation is 2. The number of rotatable bonds is 5. The smallest absolute Gasteiger partial charge is 0.258 e. The highest BCUT2D eigenvalue weighted by Crippen LogP contribution is 2.26. The Bertz CT molecular complexity index is 1060. The van der Waals surface area contributed by atoms with Crippen LogP contribution in [0.5, 0.6) is 5.75 Å². The summed E-state index contributed by atoms with van der Waals surface area (Å²) in [7, 11) is -3.66. The molecule has 1 fully saturated rings. The first kappa shape index (κ1) is 17.9. The molecule has 4 heterocycles. The molecule has 27 heavy (non-hydrogen) atoms. The average Bonchev–Trinajstić information content (AvgIpc) is 3.30. The Balaban J connectivity index is 1.53. The van der Waals surface area contributed by atoms with E-state index in [-0.39, 0.29) is 11.0 Å². The molecule has 1 saturated heterocycles. The lowest BCUT2D eigenvalue weighted by Gasteiger charge is -2.17. The average molecular weight is 388 g/mol. The molecule has 1 aliphatic heterocycles. The van der Waals surface area contributed by atoms with Gasteiger partial charge in [0.2, 0.25) is 10.0 Å². The minimum atomic E-state index is -3.66. The molecule has 3 aromatic rings. The van der Waals surface area contributed by atoms with Crippen LogP contribution in [0, 0.1) is 6.92 Å². The second-order valence-electron chi connectivity index (χ2n) is 6.53. The summed E-state index contributed by atoms with van der Waals surface area (Å²) in [6, 6.07) is 5.30. The summed E-state index contributed by atoms with van der Waals surface area (Å²) in [4.78, 5) is 8.45. The van der Waals surface area contributed by atoms with Crippen molar-refractivity contribution in [2.45, 2.75) is 37.7 Å². The maximum atomic E-state index is 13.0. The first-order chi connectivity index (χ1) is 13.0. The molecule has 9 heteroatoms. The Morgan fingerprint density at radius 1 is 1.30 bits per heavy atom. The molecule has 0 bridgehead atoms. The third kappa shape index (κ3) is 3.40. The van der Waals surface area contributed by atoms with Crippen molar-refractivity contribution in [3.8, 4) is 5.75 Å². The van der Waals surface area contributed by atoms with Gasteiger partial charge in [-0.15, -0.1) is 0 Å². The Morgan fingerprint density at radius 2 is 2.15 bits per heavy atom. The van der Waals surface area contributed by atoms with Gasteiger partial charge in [0, 0.05) is 12.2 Å². The topological polar surface area (TPSA) is 98.4 Å². The van der Waals surface area contributed by atoms with Crippen LogP contribution in [0.3, 0.4) is 0 Å². The molecule has 0 aliphatic carbocycles. The van der Waals surface area contributed by atoms with Gasteiger partial charge in [0.05, 0.1) is 30.0 Å². The van der Waals surface area contributed by atoms with Gasteiger partial charge in [-0.2, -0.15) is 4.31 Å². The number of ether oxygens (including phenoxy) is 1. The van der Waals surface area contributed by atoms with Gasteiger partial charge in [0.15, 0.2) is 0 Å². The lowest BCUT2D eigenvalue weighted by atomic mass is 10.2. The van der Waals surface area contributed by atoms with Crippen molar-refractivity contribution in [2.24, 2.45) is 0 Å². The van der Waals surface area contributed by atoms with E-state index in [1.54, 1.807) is 12.3 Å². The van der Waals surface area contributed by atoms with Crippen LogP contribution in [-0.4, -0.2) is 47.0 Å². The zero-order valence-electron chi connectivity index (χ0n) is 15.1. The van der Waals surface area contributed by atoms with Crippen molar-refractivity contribution >= 4 is 21.1 Å². The van der Waals surface area contributed by atoms with Gasteiger partial charge in [-0.25, -0.2) is 13.4 Å². The standard InChI is InChI=1S/C18H20N4O4S/c1-3-17-16-8-15(10-20-18(16)26-21-17)27(23,24)22-7-6-14(11-22)25-13-5-4-12(2)19-9-13/h4-5,8-10,14H,3,6-7,11H2,1-2H3. The van der Waals surface area contributed by atoms with E-state index in [0.29, 0.717) is 48.5 Å². The van der Waals surface area contributed by atoms with Crippen molar-refractivity contribution < 1.29 is 17.7 Å². The van der Waals surface area contributed by atoms with Gasteiger partial charge in [-0.1, -0.05) is 12.1 Å². The summed E-state index contributed by atoms with van der Waals surface area (Å²) in [5.74, 6) is 0.644. The van der Waals surface area contributed by atoms with E-state index < -0.39 is 10.0 Å². The molecule has 0 saturated carbocycles. The van der Waals surface area contributed by atoms with E-state index in [0.717, 1.165) is 5.69 Å². The monoisotopic (exact) mass is 388 g/mol. The van der Waals surface area contributed by atoms with Gasteiger partial charge in [-0.3, -0.25) is 4.98 Å².